The van der Waals surface area contributed by atoms with E-state index in [2.05, 4.69) is 20.8 Å². The molecule has 0 spiro atoms. The van der Waals surface area contributed by atoms with Crippen LogP contribution in [0.5, 0.6) is 0 Å². The molecule has 1 aromatic rings. The Morgan fingerprint density at radius 2 is 2.09 bits per heavy atom. The largest absolute Gasteiger partial charge is 0.463 e. The number of hydrogen-bond acceptors (Lipinski definition) is 5. The van der Waals surface area contributed by atoms with Crippen molar-refractivity contribution in [1.29, 1.82) is 0 Å². The molecule has 1 amide bonds. The van der Waals surface area contributed by atoms with Crippen LogP contribution >= 0.6 is 12.4 Å². The molecule has 0 radical (unpaired) electrons. The predicted octanol–water partition coefficient (Wildman–Crippen LogP) is 0.795. The van der Waals surface area contributed by atoms with E-state index < -0.39 is 0 Å². The Morgan fingerprint density at radius 3 is 2.77 bits per heavy atom. The molecule has 3 N–H and O–H groups in total. The van der Waals surface area contributed by atoms with Gasteiger partial charge in [-0.05, 0) is 13.8 Å². The molecule has 1 aliphatic heterocycles. The summed E-state index contributed by atoms with van der Waals surface area (Å²) in [7, 11) is 0. The van der Waals surface area contributed by atoms with Crippen molar-refractivity contribution in [3.05, 3.63) is 17.0 Å². The van der Waals surface area contributed by atoms with Crippen molar-refractivity contribution in [3.8, 4) is 0 Å². The zero-order valence-electron chi connectivity index (χ0n) is 13.1. The molecule has 1 unspecified atom stereocenters. The zero-order chi connectivity index (χ0) is 15.4. The van der Waals surface area contributed by atoms with Crippen LogP contribution < -0.4 is 10.6 Å². The first-order valence-corrected chi connectivity index (χ1v) is 7.24. The number of fused-ring (bicyclic) bond motifs is 1. The molecule has 0 fully saturated rings. The van der Waals surface area contributed by atoms with Gasteiger partial charge in [-0.25, -0.2) is 0 Å². The number of carbonyl (C=O) groups is 2. The number of H-pyrrole nitrogens is 1. The number of nitrogens with zero attached hydrogens (tertiary/aromatic N) is 1. The van der Waals surface area contributed by atoms with Gasteiger partial charge in [0.15, 0.2) is 5.69 Å². The lowest BCUT2D eigenvalue weighted by Crippen LogP contribution is -2.34. The average Bonchev–Trinajstić information content (AvgIpc) is 2.87. The molecule has 1 atom stereocenters. The Labute approximate surface area is 136 Å². The van der Waals surface area contributed by atoms with Crippen molar-refractivity contribution < 1.29 is 14.3 Å². The maximum Gasteiger partial charge on any atom is 0.310 e. The predicted molar refractivity (Wildman–Crippen MR) is 84.0 cm³/mol. The van der Waals surface area contributed by atoms with Crippen LogP contribution in [0.4, 0.5) is 0 Å². The Balaban J connectivity index is 0.00000242. The normalized spacial score (nSPS) is 14.7. The second kappa shape index (κ2) is 8.14. The summed E-state index contributed by atoms with van der Waals surface area (Å²) in [4.78, 5) is 23.8. The molecular weight excluding hydrogens is 308 g/mol. The lowest BCUT2D eigenvalue weighted by atomic mass is 10.1. The molecule has 22 heavy (non-hydrogen) atoms. The van der Waals surface area contributed by atoms with Crippen LogP contribution in [-0.4, -0.2) is 41.3 Å². The highest BCUT2D eigenvalue weighted by Crippen LogP contribution is 2.15. The third-order valence-corrected chi connectivity index (χ3v) is 3.34. The first-order chi connectivity index (χ1) is 9.99. The number of aromatic amines is 1. The molecule has 124 valence electrons. The van der Waals surface area contributed by atoms with Gasteiger partial charge in [0.1, 0.15) is 0 Å². The van der Waals surface area contributed by atoms with E-state index in [0.29, 0.717) is 12.2 Å². The van der Waals surface area contributed by atoms with Gasteiger partial charge in [0.05, 0.1) is 12.0 Å². The molecule has 0 bridgehead atoms. The van der Waals surface area contributed by atoms with Gasteiger partial charge in [0.25, 0.3) is 5.91 Å². The standard InChI is InChI=1S/C14H22N4O3.ClH/c1-8(2)21-14(20)9(3)6-16-13(19)12-10-7-15-5-4-11(10)17-18-12;/h8-9,15H,4-7H2,1-3H3,(H,16,19)(H,17,18);1H. The van der Waals surface area contributed by atoms with Gasteiger partial charge in [0, 0.05) is 37.3 Å². The van der Waals surface area contributed by atoms with E-state index in [1.54, 1.807) is 20.8 Å². The number of nitrogens with one attached hydrogen (secondary N) is 3. The van der Waals surface area contributed by atoms with E-state index in [0.717, 1.165) is 24.2 Å². The van der Waals surface area contributed by atoms with Crippen molar-refractivity contribution in [2.45, 2.75) is 39.8 Å². The lowest BCUT2D eigenvalue weighted by molar-refractivity contribution is -0.151. The molecule has 8 heteroatoms. The first kappa shape index (κ1) is 18.4. The number of aromatic nitrogens is 2. The van der Waals surface area contributed by atoms with Gasteiger partial charge in [-0.1, -0.05) is 6.92 Å². The second-order valence-electron chi connectivity index (χ2n) is 5.55. The van der Waals surface area contributed by atoms with Gasteiger partial charge in [-0.2, -0.15) is 5.10 Å². The smallest absolute Gasteiger partial charge is 0.310 e. The summed E-state index contributed by atoms with van der Waals surface area (Å²) in [5.74, 6) is -0.958. The van der Waals surface area contributed by atoms with Gasteiger partial charge < -0.3 is 15.4 Å². The quantitative estimate of drug-likeness (QED) is 0.694. The van der Waals surface area contributed by atoms with Crippen LogP contribution in [0.2, 0.25) is 0 Å². The van der Waals surface area contributed by atoms with E-state index in [-0.39, 0.29) is 42.9 Å². The number of esters is 1. The van der Waals surface area contributed by atoms with E-state index in [1.165, 1.54) is 0 Å². The molecule has 0 saturated heterocycles. The lowest BCUT2D eigenvalue weighted by Gasteiger charge is -2.15. The summed E-state index contributed by atoms with van der Waals surface area (Å²) >= 11 is 0. The summed E-state index contributed by atoms with van der Waals surface area (Å²) < 4.78 is 5.10. The van der Waals surface area contributed by atoms with E-state index >= 15 is 0 Å². The average molecular weight is 331 g/mol. The number of ether oxygens (including phenoxy) is 1. The first-order valence-electron chi connectivity index (χ1n) is 7.24. The molecule has 2 heterocycles. The van der Waals surface area contributed by atoms with E-state index in [9.17, 15) is 9.59 Å². The molecule has 0 saturated carbocycles. The summed E-state index contributed by atoms with van der Waals surface area (Å²) in [6.07, 6.45) is 0.687. The molecule has 0 aromatic carbocycles. The Kier molecular flexibility index (Phi) is 6.83. The van der Waals surface area contributed by atoms with Crippen molar-refractivity contribution >= 4 is 24.3 Å². The van der Waals surface area contributed by atoms with E-state index in [4.69, 9.17) is 4.74 Å². The molecule has 2 rings (SSSR count). The Bertz CT molecular complexity index is 530. The molecule has 7 nitrogen and oxygen atoms in total. The maximum atomic E-state index is 12.2. The fourth-order valence-electron chi connectivity index (χ4n) is 2.17. The fraction of sp³-hybridized carbons (Fsp3) is 0.643. The van der Waals surface area contributed by atoms with Gasteiger partial charge >= 0.3 is 5.97 Å². The number of hydrogen-bond donors (Lipinski definition) is 3. The summed E-state index contributed by atoms with van der Waals surface area (Å²) in [5.41, 5.74) is 2.32. The summed E-state index contributed by atoms with van der Waals surface area (Å²) in [6, 6.07) is 0. The minimum Gasteiger partial charge on any atom is -0.463 e. The van der Waals surface area contributed by atoms with Crippen LogP contribution in [0.1, 0.15) is 42.5 Å². The van der Waals surface area contributed by atoms with E-state index in [1.807, 2.05) is 0 Å². The number of amides is 1. The number of rotatable bonds is 5. The van der Waals surface area contributed by atoms with Crippen molar-refractivity contribution in [1.82, 2.24) is 20.8 Å². The highest BCUT2D eigenvalue weighted by Gasteiger charge is 2.23. The molecule has 0 aliphatic carbocycles. The van der Waals surface area contributed by atoms with Crippen LogP contribution in [0, 0.1) is 5.92 Å². The number of halogens is 1. The molecular formula is C14H23ClN4O3. The maximum absolute atomic E-state index is 12.2. The molecule has 1 aliphatic rings. The monoisotopic (exact) mass is 330 g/mol. The Morgan fingerprint density at radius 1 is 1.36 bits per heavy atom. The van der Waals surface area contributed by atoms with Crippen molar-refractivity contribution in [3.63, 3.8) is 0 Å². The summed E-state index contributed by atoms with van der Waals surface area (Å²) in [5, 5.41) is 12.9. The number of carbonyl (C=O) groups excluding carboxylic acids is 2. The minimum atomic E-state index is -0.385. The van der Waals surface area contributed by atoms with Crippen LogP contribution in [-0.2, 0) is 22.5 Å². The van der Waals surface area contributed by atoms with Gasteiger partial charge in [-0.15, -0.1) is 12.4 Å². The third-order valence-electron chi connectivity index (χ3n) is 3.34. The van der Waals surface area contributed by atoms with Crippen LogP contribution in [0.25, 0.3) is 0 Å². The fourth-order valence-corrected chi connectivity index (χ4v) is 2.17. The van der Waals surface area contributed by atoms with Gasteiger partial charge in [-0.3, -0.25) is 14.7 Å². The van der Waals surface area contributed by atoms with Gasteiger partial charge in [0.2, 0.25) is 0 Å². The highest BCUT2D eigenvalue weighted by atomic mass is 35.5. The Hall–Kier alpha value is -1.60. The van der Waals surface area contributed by atoms with Crippen molar-refractivity contribution in [2.75, 3.05) is 13.1 Å². The second-order valence-corrected chi connectivity index (χ2v) is 5.55. The van der Waals surface area contributed by atoms with Crippen molar-refractivity contribution in [2.24, 2.45) is 5.92 Å². The molecule has 1 aromatic heterocycles. The van der Waals surface area contributed by atoms with Crippen LogP contribution in [0.3, 0.4) is 0 Å². The SMILES string of the molecule is CC(C)OC(=O)C(C)CNC(=O)c1n[nH]c2c1CNCC2.Cl. The zero-order valence-corrected chi connectivity index (χ0v) is 13.9. The van der Waals surface area contributed by atoms with Crippen LogP contribution in [0.15, 0.2) is 0 Å². The topological polar surface area (TPSA) is 96.1 Å². The summed E-state index contributed by atoms with van der Waals surface area (Å²) in [6.45, 7) is 7.08. The minimum absolute atomic E-state index is 0. The highest BCUT2D eigenvalue weighted by molar-refractivity contribution is 5.94. The third kappa shape index (κ3) is 4.45.